The summed E-state index contributed by atoms with van der Waals surface area (Å²) in [6.07, 6.45) is 0.995. The Morgan fingerprint density at radius 1 is 1.50 bits per heavy atom. The number of fused-ring (bicyclic) bond motifs is 1. The Labute approximate surface area is 70.0 Å². The number of rotatable bonds is 1. The second-order valence-corrected chi connectivity index (χ2v) is 2.85. The minimum atomic E-state index is -0.869. The van der Waals surface area contributed by atoms with Crippen LogP contribution in [0.3, 0.4) is 0 Å². The molecule has 3 heteroatoms. The molecule has 3 nitrogen and oxygen atoms in total. The Morgan fingerprint density at radius 2 is 2.33 bits per heavy atom. The van der Waals surface area contributed by atoms with Crippen molar-refractivity contribution in [2.24, 2.45) is 0 Å². The van der Waals surface area contributed by atoms with Gasteiger partial charge in [0.05, 0.1) is 5.56 Å². The molecule has 1 aliphatic heterocycles. The highest BCUT2D eigenvalue weighted by molar-refractivity contribution is 5.89. The molecule has 1 aromatic rings. The fourth-order valence-corrected chi connectivity index (χ4v) is 1.42. The van der Waals surface area contributed by atoms with Crippen molar-refractivity contribution >= 4 is 11.7 Å². The zero-order valence-electron chi connectivity index (χ0n) is 6.50. The van der Waals surface area contributed by atoms with Crippen molar-refractivity contribution in [2.75, 3.05) is 11.9 Å². The van der Waals surface area contributed by atoms with Crippen LogP contribution in [0.15, 0.2) is 18.2 Å². The molecule has 0 saturated carbocycles. The lowest BCUT2D eigenvalue weighted by atomic mass is 10.1. The lowest BCUT2D eigenvalue weighted by Gasteiger charge is -2.00. The summed E-state index contributed by atoms with van der Waals surface area (Å²) in [5, 5.41) is 11.8. The van der Waals surface area contributed by atoms with E-state index in [0.29, 0.717) is 5.56 Å². The lowest BCUT2D eigenvalue weighted by Crippen LogP contribution is -1.97. The van der Waals surface area contributed by atoms with Crippen LogP contribution in [0, 0.1) is 0 Å². The second-order valence-electron chi connectivity index (χ2n) is 2.85. The maximum Gasteiger partial charge on any atom is 0.335 e. The highest BCUT2D eigenvalue weighted by atomic mass is 16.4. The minimum Gasteiger partial charge on any atom is -0.478 e. The highest BCUT2D eigenvalue weighted by Crippen LogP contribution is 2.22. The van der Waals surface area contributed by atoms with Gasteiger partial charge in [-0.3, -0.25) is 0 Å². The van der Waals surface area contributed by atoms with Gasteiger partial charge in [0.1, 0.15) is 0 Å². The first-order chi connectivity index (χ1) is 5.77. The molecule has 62 valence electrons. The quantitative estimate of drug-likeness (QED) is 0.657. The van der Waals surface area contributed by atoms with Crippen LogP contribution in [0.2, 0.25) is 0 Å². The molecule has 0 fully saturated rings. The summed E-state index contributed by atoms with van der Waals surface area (Å²) in [6, 6.07) is 5.21. The summed E-state index contributed by atoms with van der Waals surface area (Å²) < 4.78 is 0. The number of benzene rings is 1. The van der Waals surface area contributed by atoms with Crippen LogP contribution in [0.5, 0.6) is 0 Å². The van der Waals surface area contributed by atoms with E-state index in [1.807, 2.05) is 6.07 Å². The van der Waals surface area contributed by atoms with Crippen molar-refractivity contribution in [2.45, 2.75) is 6.42 Å². The standard InChI is InChI=1S/C9H9NO2/c11-9(12)7-2-1-6-3-4-10-8(6)5-7/h1-2,5,10H,3-4H2,(H,11,12). The van der Waals surface area contributed by atoms with E-state index in [1.54, 1.807) is 12.1 Å². The number of nitrogens with one attached hydrogen (secondary N) is 1. The first-order valence-electron chi connectivity index (χ1n) is 3.87. The largest absolute Gasteiger partial charge is 0.478 e. The lowest BCUT2D eigenvalue weighted by molar-refractivity contribution is 0.0697. The van der Waals surface area contributed by atoms with Crippen LogP contribution < -0.4 is 5.32 Å². The number of carboxylic acids is 1. The molecule has 0 unspecified atom stereocenters. The normalized spacial score (nSPS) is 13.7. The molecule has 2 N–H and O–H groups in total. The molecule has 0 atom stereocenters. The van der Waals surface area contributed by atoms with Gasteiger partial charge in [-0.15, -0.1) is 0 Å². The summed E-state index contributed by atoms with van der Waals surface area (Å²) >= 11 is 0. The molecule has 1 aromatic carbocycles. The van der Waals surface area contributed by atoms with Gasteiger partial charge in [-0.05, 0) is 24.1 Å². The first kappa shape index (κ1) is 7.16. The van der Waals surface area contributed by atoms with Crippen LogP contribution in [-0.4, -0.2) is 17.6 Å². The third kappa shape index (κ3) is 1.03. The van der Waals surface area contributed by atoms with Crippen LogP contribution in [0.4, 0.5) is 5.69 Å². The minimum absolute atomic E-state index is 0.350. The molecular weight excluding hydrogens is 154 g/mol. The zero-order chi connectivity index (χ0) is 8.55. The van der Waals surface area contributed by atoms with E-state index in [-0.39, 0.29) is 0 Å². The number of carboxylic acid groups (broad SMARTS) is 1. The van der Waals surface area contributed by atoms with Gasteiger partial charge in [0.2, 0.25) is 0 Å². The molecule has 2 rings (SSSR count). The van der Waals surface area contributed by atoms with Gasteiger partial charge in [0.15, 0.2) is 0 Å². The van der Waals surface area contributed by atoms with E-state index in [1.165, 1.54) is 5.56 Å². The molecule has 0 amide bonds. The predicted octanol–water partition coefficient (Wildman–Crippen LogP) is 1.35. The highest BCUT2D eigenvalue weighted by Gasteiger charge is 2.11. The van der Waals surface area contributed by atoms with E-state index in [0.717, 1.165) is 18.7 Å². The molecule has 0 aromatic heterocycles. The van der Waals surface area contributed by atoms with Gasteiger partial charge in [-0.1, -0.05) is 6.07 Å². The number of anilines is 1. The van der Waals surface area contributed by atoms with Crippen molar-refractivity contribution in [1.29, 1.82) is 0 Å². The van der Waals surface area contributed by atoms with E-state index in [4.69, 9.17) is 5.11 Å². The maximum absolute atomic E-state index is 10.6. The Bertz CT molecular complexity index is 333. The van der Waals surface area contributed by atoms with Crippen molar-refractivity contribution < 1.29 is 9.90 Å². The maximum atomic E-state index is 10.6. The topological polar surface area (TPSA) is 49.3 Å². The molecule has 0 aliphatic carbocycles. The summed E-state index contributed by atoms with van der Waals surface area (Å²) in [5.74, 6) is -0.869. The molecule has 1 heterocycles. The van der Waals surface area contributed by atoms with Crippen LogP contribution in [-0.2, 0) is 6.42 Å². The SMILES string of the molecule is O=C(O)c1ccc2c(c1)NCC2. The molecule has 0 bridgehead atoms. The predicted molar refractivity (Wildman–Crippen MR) is 45.6 cm³/mol. The van der Waals surface area contributed by atoms with Crippen LogP contribution >= 0.6 is 0 Å². The third-order valence-electron chi connectivity index (χ3n) is 2.07. The van der Waals surface area contributed by atoms with Gasteiger partial charge in [-0.2, -0.15) is 0 Å². The van der Waals surface area contributed by atoms with Gasteiger partial charge in [0.25, 0.3) is 0 Å². The van der Waals surface area contributed by atoms with Crippen molar-refractivity contribution in [3.8, 4) is 0 Å². The number of hydrogen-bond acceptors (Lipinski definition) is 2. The summed E-state index contributed by atoms with van der Waals surface area (Å²) in [7, 11) is 0. The molecule has 0 spiro atoms. The van der Waals surface area contributed by atoms with Crippen molar-refractivity contribution in [3.63, 3.8) is 0 Å². The molecule has 0 saturated heterocycles. The Morgan fingerprint density at radius 3 is 3.08 bits per heavy atom. The monoisotopic (exact) mass is 163 g/mol. The number of aromatic carboxylic acids is 1. The van der Waals surface area contributed by atoms with Gasteiger partial charge in [0, 0.05) is 12.2 Å². The third-order valence-corrected chi connectivity index (χ3v) is 2.07. The van der Waals surface area contributed by atoms with Crippen molar-refractivity contribution in [1.82, 2.24) is 0 Å². The van der Waals surface area contributed by atoms with E-state index in [9.17, 15) is 4.79 Å². The van der Waals surface area contributed by atoms with E-state index in [2.05, 4.69) is 5.32 Å². The number of carbonyl (C=O) groups is 1. The van der Waals surface area contributed by atoms with Crippen LogP contribution in [0.1, 0.15) is 15.9 Å². The fraction of sp³-hybridized carbons (Fsp3) is 0.222. The summed E-state index contributed by atoms with van der Waals surface area (Å²) in [4.78, 5) is 10.6. The second kappa shape index (κ2) is 2.52. The molecule has 0 radical (unpaired) electrons. The van der Waals surface area contributed by atoms with Gasteiger partial charge in [-0.25, -0.2) is 4.79 Å². The fourth-order valence-electron chi connectivity index (χ4n) is 1.42. The Kier molecular flexibility index (Phi) is 1.50. The Balaban J connectivity index is 2.45. The zero-order valence-corrected chi connectivity index (χ0v) is 6.50. The first-order valence-corrected chi connectivity index (χ1v) is 3.87. The van der Waals surface area contributed by atoms with Crippen molar-refractivity contribution in [3.05, 3.63) is 29.3 Å². The van der Waals surface area contributed by atoms with E-state index >= 15 is 0 Å². The summed E-state index contributed by atoms with van der Waals surface area (Å²) in [6.45, 7) is 0.915. The summed E-state index contributed by atoms with van der Waals surface area (Å²) in [5.41, 5.74) is 2.53. The smallest absolute Gasteiger partial charge is 0.335 e. The average molecular weight is 163 g/mol. The molecule has 1 aliphatic rings. The molecule has 12 heavy (non-hydrogen) atoms. The number of hydrogen-bond donors (Lipinski definition) is 2. The van der Waals surface area contributed by atoms with Gasteiger partial charge >= 0.3 is 5.97 Å². The molecular formula is C9H9NO2. The van der Waals surface area contributed by atoms with Gasteiger partial charge < -0.3 is 10.4 Å². The van der Waals surface area contributed by atoms with Crippen LogP contribution in [0.25, 0.3) is 0 Å². The van der Waals surface area contributed by atoms with E-state index < -0.39 is 5.97 Å². The average Bonchev–Trinajstić information content (AvgIpc) is 2.49. The Hall–Kier alpha value is -1.51.